The molecule has 34 heavy (non-hydrogen) atoms. The van der Waals surface area contributed by atoms with Crippen molar-refractivity contribution >= 4 is 27.0 Å². The van der Waals surface area contributed by atoms with Gasteiger partial charge in [0.25, 0.3) is 5.91 Å². The quantitative estimate of drug-likeness (QED) is 0.621. The molecule has 0 unspecified atom stereocenters. The molecule has 1 aromatic carbocycles. The molecule has 0 radical (unpaired) electrons. The number of nitrogens with zero attached hydrogens (tertiary/aromatic N) is 1. The first-order chi connectivity index (χ1) is 16.0. The number of sulfone groups is 1. The fourth-order valence-electron chi connectivity index (χ4n) is 4.79. The zero-order chi connectivity index (χ0) is 24.6. The van der Waals surface area contributed by atoms with E-state index in [0.717, 1.165) is 36.0 Å². The lowest BCUT2D eigenvalue weighted by Crippen LogP contribution is -2.40. The average molecular weight is 482 g/mol. The van der Waals surface area contributed by atoms with Gasteiger partial charge >= 0.3 is 0 Å². The van der Waals surface area contributed by atoms with Crippen LogP contribution in [0.15, 0.2) is 30.5 Å². The highest BCUT2D eigenvalue weighted by Crippen LogP contribution is 2.44. The maximum absolute atomic E-state index is 13.0. The summed E-state index contributed by atoms with van der Waals surface area (Å²) in [6, 6.07) is 5.56. The molecule has 2 N–H and O–H groups in total. The number of rotatable bonds is 5. The lowest BCUT2D eigenvalue weighted by Gasteiger charge is -2.36. The maximum Gasteiger partial charge on any atom is 0.291 e. The minimum Gasteiger partial charge on any atom is -0.381 e. The van der Waals surface area contributed by atoms with Gasteiger partial charge in [-0.25, -0.2) is 13.4 Å². The molecule has 4 rings (SSSR count). The van der Waals surface area contributed by atoms with Crippen LogP contribution in [0.25, 0.3) is 5.57 Å². The number of amides is 1. The van der Waals surface area contributed by atoms with Crippen LogP contribution in [0.1, 0.15) is 73.4 Å². The summed E-state index contributed by atoms with van der Waals surface area (Å²) in [5, 5.41) is 2.95. The molecule has 0 saturated carbocycles. The molecule has 1 amide bonds. The summed E-state index contributed by atoms with van der Waals surface area (Å²) in [6.45, 7) is 5.27. The van der Waals surface area contributed by atoms with Crippen LogP contribution in [0.3, 0.4) is 0 Å². The molecule has 0 bridgehead atoms. The van der Waals surface area contributed by atoms with E-state index in [2.05, 4.69) is 41.1 Å². The number of anilines is 1. The Morgan fingerprint density at radius 1 is 1.24 bits per heavy atom. The number of aromatic nitrogens is 2. The predicted octanol–water partition coefficient (Wildman–Crippen LogP) is 4.29. The highest BCUT2D eigenvalue weighted by Gasteiger charge is 2.44. The first-order valence-corrected chi connectivity index (χ1v) is 13.4. The molecular weight excluding hydrogens is 450 g/mol. The molecule has 1 fully saturated rings. The van der Waals surface area contributed by atoms with Crippen molar-refractivity contribution < 1.29 is 17.9 Å². The Bertz CT molecular complexity index is 1280. The number of benzene rings is 1. The van der Waals surface area contributed by atoms with E-state index in [1.54, 1.807) is 6.07 Å². The van der Waals surface area contributed by atoms with Crippen LogP contribution in [-0.2, 0) is 19.3 Å². The number of imidazole rings is 1. The number of nitrogens with one attached hydrogen (secondary N) is 2. The van der Waals surface area contributed by atoms with Gasteiger partial charge in [0.2, 0.25) is 0 Å². The van der Waals surface area contributed by atoms with Crippen LogP contribution in [0, 0.1) is 17.8 Å². The number of allylic oxidation sites excluding steroid dienone is 2. The molecule has 1 aromatic heterocycles. The highest BCUT2D eigenvalue weighted by molar-refractivity contribution is 7.91. The zero-order valence-corrected chi connectivity index (χ0v) is 20.7. The summed E-state index contributed by atoms with van der Waals surface area (Å²) in [5.74, 6) is 2.14. The van der Waals surface area contributed by atoms with Gasteiger partial charge < -0.3 is 15.0 Å². The number of H-pyrrole nitrogens is 1. The van der Waals surface area contributed by atoms with Gasteiger partial charge in [0.1, 0.15) is 10.4 Å². The molecule has 180 valence electrons. The van der Waals surface area contributed by atoms with Crippen LogP contribution < -0.4 is 5.32 Å². The van der Waals surface area contributed by atoms with Crippen molar-refractivity contribution in [3.63, 3.8) is 0 Å². The fourth-order valence-corrected chi connectivity index (χ4v) is 6.25. The standard InChI is InChI=1S/C26H31N3O4S/c1-5-20-17-27-23(28-20)24(30)29-22-7-6-19(26(34(4,31)32)12-14-33-15-13-26)16-21(22)18-8-10-25(2,3)11-9-18/h1,6-8,16-17H,9-15H2,2-4H3,(H,27,28)(H,29,30). The second kappa shape index (κ2) is 9.05. The third kappa shape index (κ3) is 4.68. The van der Waals surface area contributed by atoms with Crippen molar-refractivity contribution in [2.24, 2.45) is 5.41 Å². The summed E-state index contributed by atoms with van der Waals surface area (Å²) >= 11 is 0. The summed E-state index contributed by atoms with van der Waals surface area (Å²) in [6.07, 6.45) is 13.9. The van der Waals surface area contributed by atoms with Gasteiger partial charge in [-0.05, 0) is 60.8 Å². The van der Waals surface area contributed by atoms with Crippen LogP contribution in [0.4, 0.5) is 5.69 Å². The van der Waals surface area contributed by atoms with E-state index in [-0.39, 0.29) is 11.2 Å². The van der Waals surface area contributed by atoms with Crippen molar-refractivity contribution in [3.05, 3.63) is 53.1 Å². The third-order valence-electron chi connectivity index (χ3n) is 7.07. The topological polar surface area (TPSA) is 101 Å². The van der Waals surface area contributed by atoms with Crippen molar-refractivity contribution in [3.8, 4) is 12.3 Å². The van der Waals surface area contributed by atoms with E-state index in [0.29, 0.717) is 37.4 Å². The average Bonchev–Trinajstić information content (AvgIpc) is 3.29. The summed E-state index contributed by atoms with van der Waals surface area (Å²) in [5.41, 5.74) is 3.95. The van der Waals surface area contributed by atoms with Crippen LogP contribution >= 0.6 is 0 Å². The van der Waals surface area contributed by atoms with E-state index < -0.39 is 20.5 Å². The Morgan fingerprint density at radius 3 is 2.56 bits per heavy atom. The maximum atomic E-state index is 13.0. The molecule has 1 aliphatic carbocycles. The molecule has 2 heterocycles. The molecule has 7 nitrogen and oxygen atoms in total. The molecule has 1 aliphatic heterocycles. The molecule has 8 heteroatoms. The number of carbonyl (C=O) groups excluding carboxylic acids is 1. The van der Waals surface area contributed by atoms with Gasteiger partial charge in [0.05, 0.1) is 6.20 Å². The Hall–Kier alpha value is -2.89. The number of terminal acetylenes is 1. The Balaban J connectivity index is 1.78. The first-order valence-electron chi connectivity index (χ1n) is 11.5. The second-order valence-electron chi connectivity index (χ2n) is 9.98. The fraction of sp³-hybridized carbons (Fsp3) is 0.462. The molecule has 2 aromatic rings. The molecular formula is C26H31N3O4S. The second-order valence-corrected chi connectivity index (χ2v) is 12.3. The van der Waals surface area contributed by atoms with E-state index in [4.69, 9.17) is 11.2 Å². The SMILES string of the molecule is C#Cc1cnc(C(=O)Nc2ccc(C3(S(C)(=O)=O)CCOCC3)cc2C2=CCC(C)(C)CC2)[nH]1. The zero-order valence-electron chi connectivity index (χ0n) is 19.9. The highest BCUT2D eigenvalue weighted by atomic mass is 32.2. The van der Waals surface area contributed by atoms with Crippen molar-refractivity contribution in [2.75, 3.05) is 24.8 Å². The van der Waals surface area contributed by atoms with Crippen molar-refractivity contribution in [1.82, 2.24) is 9.97 Å². The smallest absolute Gasteiger partial charge is 0.291 e. The van der Waals surface area contributed by atoms with Gasteiger partial charge in [-0.15, -0.1) is 6.42 Å². The first kappa shape index (κ1) is 24.2. The minimum atomic E-state index is -3.41. The van der Waals surface area contributed by atoms with Gasteiger partial charge in [-0.3, -0.25) is 4.79 Å². The van der Waals surface area contributed by atoms with Crippen molar-refractivity contribution in [2.45, 2.75) is 50.7 Å². The Morgan fingerprint density at radius 2 is 1.97 bits per heavy atom. The normalized spacial score (nSPS) is 19.6. The Kier molecular flexibility index (Phi) is 6.45. The lowest BCUT2D eigenvalue weighted by molar-refractivity contribution is 0.0742. The lowest BCUT2D eigenvalue weighted by atomic mass is 9.76. The Labute approximate surface area is 201 Å². The van der Waals surface area contributed by atoms with Crippen LogP contribution in [0.5, 0.6) is 0 Å². The van der Waals surface area contributed by atoms with Gasteiger partial charge in [-0.2, -0.15) is 0 Å². The van der Waals surface area contributed by atoms with Crippen LogP contribution in [0.2, 0.25) is 0 Å². The predicted molar refractivity (Wildman–Crippen MR) is 133 cm³/mol. The van der Waals surface area contributed by atoms with Gasteiger partial charge in [0, 0.05) is 30.7 Å². The number of ether oxygens (including phenoxy) is 1. The summed E-state index contributed by atoms with van der Waals surface area (Å²) < 4.78 is 30.5. The number of aromatic amines is 1. The van der Waals surface area contributed by atoms with Crippen LogP contribution in [-0.4, -0.2) is 43.8 Å². The van der Waals surface area contributed by atoms with E-state index in [1.807, 2.05) is 12.1 Å². The molecule has 0 atom stereocenters. The van der Waals surface area contributed by atoms with E-state index in [1.165, 1.54) is 12.5 Å². The summed E-state index contributed by atoms with van der Waals surface area (Å²) in [4.78, 5) is 19.8. The molecule has 2 aliphatic rings. The third-order valence-corrected chi connectivity index (χ3v) is 9.13. The minimum absolute atomic E-state index is 0.124. The van der Waals surface area contributed by atoms with Gasteiger partial charge in [-0.1, -0.05) is 31.9 Å². The van der Waals surface area contributed by atoms with Gasteiger partial charge in [0.15, 0.2) is 15.7 Å². The number of hydrogen-bond donors (Lipinski definition) is 2. The van der Waals surface area contributed by atoms with E-state index >= 15 is 0 Å². The molecule has 0 spiro atoms. The van der Waals surface area contributed by atoms with E-state index in [9.17, 15) is 13.2 Å². The summed E-state index contributed by atoms with van der Waals surface area (Å²) in [7, 11) is -3.41. The monoisotopic (exact) mass is 481 g/mol. The number of carbonyl (C=O) groups is 1. The molecule has 1 saturated heterocycles. The van der Waals surface area contributed by atoms with Crippen molar-refractivity contribution in [1.29, 1.82) is 0 Å². The number of hydrogen-bond acceptors (Lipinski definition) is 5. The largest absolute Gasteiger partial charge is 0.381 e.